The molecule has 0 unspecified atom stereocenters. The van der Waals surface area contributed by atoms with Crippen molar-refractivity contribution in [2.24, 2.45) is 10.7 Å². The van der Waals surface area contributed by atoms with Crippen LogP contribution in [0.1, 0.15) is 11.3 Å². The zero-order chi connectivity index (χ0) is 8.27. The second-order valence-electron chi connectivity index (χ2n) is 2.29. The summed E-state index contributed by atoms with van der Waals surface area (Å²) in [5, 5.41) is 0. The predicted octanol–water partition coefficient (Wildman–Crippen LogP) is 0.725. The van der Waals surface area contributed by atoms with Gasteiger partial charge in [0.1, 0.15) is 5.84 Å². The zero-order valence-electron chi connectivity index (χ0n) is 6.70. The van der Waals surface area contributed by atoms with Crippen LogP contribution in [0.2, 0.25) is 0 Å². The van der Waals surface area contributed by atoms with E-state index >= 15 is 0 Å². The third-order valence-electron chi connectivity index (χ3n) is 1.43. The van der Waals surface area contributed by atoms with Crippen molar-refractivity contribution in [3.8, 4) is 0 Å². The summed E-state index contributed by atoms with van der Waals surface area (Å²) in [6, 6.07) is 3.75. The van der Waals surface area contributed by atoms with Gasteiger partial charge in [-0.25, -0.2) is 0 Å². The normalized spacial score (nSPS) is 11.6. The van der Waals surface area contributed by atoms with E-state index in [9.17, 15) is 0 Å². The molecule has 0 saturated carbocycles. The molecule has 0 aliphatic heterocycles. The van der Waals surface area contributed by atoms with Crippen molar-refractivity contribution >= 4 is 5.84 Å². The fourth-order valence-corrected chi connectivity index (χ4v) is 0.834. The summed E-state index contributed by atoms with van der Waals surface area (Å²) < 4.78 is 0. The highest BCUT2D eigenvalue weighted by Gasteiger charge is 1.95. The van der Waals surface area contributed by atoms with Gasteiger partial charge in [-0.3, -0.25) is 9.98 Å². The molecule has 1 rings (SSSR count). The van der Waals surface area contributed by atoms with E-state index in [0.29, 0.717) is 5.84 Å². The van der Waals surface area contributed by atoms with Gasteiger partial charge in [-0.05, 0) is 19.1 Å². The van der Waals surface area contributed by atoms with E-state index in [-0.39, 0.29) is 0 Å². The van der Waals surface area contributed by atoms with E-state index in [1.165, 1.54) is 0 Å². The minimum atomic E-state index is 0.551. The van der Waals surface area contributed by atoms with Gasteiger partial charge >= 0.3 is 0 Å². The summed E-state index contributed by atoms with van der Waals surface area (Å²) >= 11 is 0. The summed E-state index contributed by atoms with van der Waals surface area (Å²) in [5.41, 5.74) is 7.47. The molecule has 2 N–H and O–H groups in total. The Hall–Kier alpha value is -1.38. The SMILES string of the molecule is CN=C(N)c1ccnc(C)c1. The first kappa shape index (κ1) is 7.72. The van der Waals surface area contributed by atoms with Crippen molar-refractivity contribution in [2.45, 2.75) is 6.92 Å². The number of aromatic nitrogens is 1. The summed E-state index contributed by atoms with van der Waals surface area (Å²) in [4.78, 5) is 7.91. The highest BCUT2D eigenvalue weighted by molar-refractivity contribution is 5.97. The summed E-state index contributed by atoms with van der Waals surface area (Å²) in [5.74, 6) is 0.551. The maximum atomic E-state index is 5.59. The van der Waals surface area contributed by atoms with Crippen molar-refractivity contribution < 1.29 is 0 Å². The maximum Gasteiger partial charge on any atom is 0.125 e. The van der Waals surface area contributed by atoms with E-state index in [2.05, 4.69) is 9.98 Å². The smallest absolute Gasteiger partial charge is 0.125 e. The summed E-state index contributed by atoms with van der Waals surface area (Å²) in [6.07, 6.45) is 1.72. The molecule has 0 amide bonds. The van der Waals surface area contributed by atoms with Crippen LogP contribution in [0.25, 0.3) is 0 Å². The Labute approximate surface area is 66.0 Å². The van der Waals surface area contributed by atoms with Gasteiger partial charge in [0, 0.05) is 24.5 Å². The van der Waals surface area contributed by atoms with E-state index < -0.39 is 0 Å². The molecule has 1 aromatic heterocycles. The Bertz CT molecular complexity index is 278. The number of amidine groups is 1. The van der Waals surface area contributed by atoms with Gasteiger partial charge in [-0.2, -0.15) is 0 Å². The molecule has 3 heteroatoms. The van der Waals surface area contributed by atoms with Gasteiger partial charge in [0.05, 0.1) is 0 Å². The van der Waals surface area contributed by atoms with Gasteiger partial charge in [-0.15, -0.1) is 0 Å². The first-order chi connectivity index (χ1) is 5.24. The number of aryl methyl sites for hydroxylation is 1. The van der Waals surface area contributed by atoms with Gasteiger partial charge in [0.25, 0.3) is 0 Å². The fraction of sp³-hybridized carbons (Fsp3) is 0.250. The van der Waals surface area contributed by atoms with Crippen molar-refractivity contribution in [3.63, 3.8) is 0 Å². The number of nitrogens with two attached hydrogens (primary N) is 1. The maximum absolute atomic E-state index is 5.59. The third kappa shape index (κ3) is 1.77. The second kappa shape index (κ2) is 3.14. The first-order valence-electron chi connectivity index (χ1n) is 3.39. The van der Waals surface area contributed by atoms with Crippen molar-refractivity contribution in [3.05, 3.63) is 29.6 Å². The lowest BCUT2D eigenvalue weighted by molar-refractivity contribution is 1.19. The van der Waals surface area contributed by atoms with Crippen LogP contribution in [0.15, 0.2) is 23.3 Å². The molecule has 0 saturated heterocycles. The molecular weight excluding hydrogens is 138 g/mol. The Morgan fingerprint density at radius 1 is 1.64 bits per heavy atom. The molecule has 0 radical (unpaired) electrons. The van der Waals surface area contributed by atoms with Crippen molar-refractivity contribution in [1.29, 1.82) is 0 Å². The molecule has 0 atom stereocenters. The molecular formula is C8H11N3. The lowest BCUT2D eigenvalue weighted by Gasteiger charge is -1.98. The number of aliphatic imine (C=N–C) groups is 1. The van der Waals surface area contributed by atoms with E-state index in [1.807, 2.05) is 19.1 Å². The van der Waals surface area contributed by atoms with Gasteiger partial charge in [0.2, 0.25) is 0 Å². The molecule has 0 aliphatic carbocycles. The number of hydrogen-bond donors (Lipinski definition) is 1. The van der Waals surface area contributed by atoms with Crippen LogP contribution in [0.5, 0.6) is 0 Å². The third-order valence-corrected chi connectivity index (χ3v) is 1.43. The molecule has 1 heterocycles. The molecule has 0 aliphatic rings. The minimum absolute atomic E-state index is 0.551. The van der Waals surface area contributed by atoms with E-state index in [4.69, 9.17) is 5.73 Å². The van der Waals surface area contributed by atoms with Crippen molar-refractivity contribution in [2.75, 3.05) is 7.05 Å². The number of pyridine rings is 1. The van der Waals surface area contributed by atoms with Crippen LogP contribution < -0.4 is 5.73 Å². The Balaban J connectivity index is 3.06. The topological polar surface area (TPSA) is 51.3 Å². The molecule has 11 heavy (non-hydrogen) atoms. The predicted molar refractivity (Wildman–Crippen MR) is 45.6 cm³/mol. The number of nitrogens with zero attached hydrogens (tertiary/aromatic N) is 2. The zero-order valence-corrected chi connectivity index (χ0v) is 6.70. The lowest BCUT2D eigenvalue weighted by Crippen LogP contribution is -2.12. The quantitative estimate of drug-likeness (QED) is 0.472. The molecule has 0 aromatic carbocycles. The highest BCUT2D eigenvalue weighted by atomic mass is 14.8. The van der Waals surface area contributed by atoms with Gasteiger partial charge in [0.15, 0.2) is 0 Å². The molecule has 0 spiro atoms. The molecule has 1 aromatic rings. The minimum Gasteiger partial charge on any atom is -0.384 e. The molecule has 58 valence electrons. The van der Waals surface area contributed by atoms with Crippen LogP contribution in [0.3, 0.4) is 0 Å². The van der Waals surface area contributed by atoms with Crippen LogP contribution in [0, 0.1) is 6.92 Å². The van der Waals surface area contributed by atoms with Crippen LogP contribution in [-0.2, 0) is 0 Å². The van der Waals surface area contributed by atoms with E-state index in [0.717, 1.165) is 11.3 Å². The van der Waals surface area contributed by atoms with Gasteiger partial charge < -0.3 is 5.73 Å². The molecule has 0 bridgehead atoms. The van der Waals surface area contributed by atoms with Gasteiger partial charge in [-0.1, -0.05) is 0 Å². The van der Waals surface area contributed by atoms with Crippen molar-refractivity contribution in [1.82, 2.24) is 4.98 Å². The number of hydrogen-bond acceptors (Lipinski definition) is 2. The highest BCUT2D eigenvalue weighted by Crippen LogP contribution is 1.99. The fourth-order valence-electron chi connectivity index (χ4n) is 0.834. The lowest BCUT2D eigenvalue weighted by atomic mass is 10.2. The second-order valence-corrected chi connectivity index (χ2v) is 2.29. The summed E-state index contributed by atoms with van der Waals surface area (Å²) in [7, 11) is 1.67. The van der Waals surface area contributed by atoms with Crippen LogP contribution >= 0.6 is 0 Å². The van der Waals surface area contributed by atoms with E-state index in [1.54, 1.807) is 13.2 Å². The van der Waals surface area contributed by atoms with Crippen LogP contribution in [0.4, 0.5) is 0 Å². The summed E-state index contributed by atoms with van der Waals surface area (Å²) in [6.45, 7) is 1.92. The molecule has 0 fully saturated rings. The Kier molecular flexibility index (Phi) is 2.21. The number of rotatable bonds is 1. The average molecular weight is 149 g/mol. The monoisotopic (exact) mass is 149 g/mol. The Morgan fingerprint density at radius 3 is 2.91 bits per heavy atom. The average Bonchev–Trinajstić information content (AvgIpc) is 2.03. The largest absolute Gasteiger partial charge is 0.384 e. The van der Waals surface area contributed by atoms with Crippen LogP contribution in [-0.4, -0.2) is 17.9 Å². The molecule has 3 nitrogen and oxygen atoms in total. The standard InChI is InChI=1S/C8H11N3/c1-6-5-7(3-4-11-6)8(9)10-2/h3-5H,1-2H3,(H2,9,10). The first-order valence-corrected chi connectivity index (χ1v) is 3.39. The Morgan fingerprint density at radius 2 is 2.36 bits per heavy atom.